The third-order valence-electron chi connectivity index (χ3n) is 3.51. The van der Waals surface area contributed by atoms with Gasteiger partial charge in [0.25, 0.3) is 0 Å². The Morgan fingerprint density at radius 3 is 2.68 bits per heavy atom. The predicted molar refractivity (Wildman–Crippen MR) is 77.5 cm³/mol. The summed E-state index contributed by atoms with van der Waals surface area (Å²) in [6, 6.07) is 4.41. The summed E-state index contributed by atoms with van der Waals surface area (Å²) in [6.45, 7) is 3.31. The van der Waals surface area contributed by atoms with E-state index in [1.165, 1.54) is 0 Å². The minimum absolute atomic E-state index is 0.175. The van der Waals surface area contributed by atoms with Crippen LogP contribution in [0.15, 0.2) is 18.3 Å². The van der Waals surface area contributed by atoms with Crippen LogP contribution < -0.4 is 10.2 Å². The summed E-state index contributed by atoms with van der Waals surface area (Å²) in [6.07, 6.45) is 3.78. The number of hydrogen-bond acceptors (Lipinski definition) is 4. The molecule has 1 aromatic rings. The number of likely N-dealkylation sites (tertiary alicyclic amines) is 1. The zero-order valence-corrected chi connectivity index (χ0v) is 11.9. The first-order valence-corrected chi connectivity index (χ1v) is 6.72. The molecule has 1 fully saturated rings. The molecule has 1 aromatic heterocycles. The van der Waals surface area contributed by atoms with Gasteiger partial charge in [0.1, 0.15) is 0 Å². The molecule has 0 atom stereocenters. The topological polar surface area (TPSA) is 48.5 Å². The number of hydrogen-bond donors (Lipinski definition) is 1. The molecule has 1 N–H and O–H groups in total. The highest BCUT2D eigenvalue weighted by Gasteiger charge is 2.21. The zero-order chi connectivity index (χ0) is 13.8. The van der Waals surface area contributed by atoms with Crippen LogP contribution in [0.4, 0.5) is 11.5 Å². The van der Waals surface area contributed by atoms with Gasteiger partial charge < -0.3 is 15.1 Å². The van der Waals surface area contributed by atoms with Gasteiger partial charge in [-0.1, -0.05) is 0 Å². The van der Waals surface area contributed by atoms with Crippen LogP contribution in [-0.4, -0.2) is 49.0 Å². The number of pyridine rings is 1. The van der Waals surface area contributed by atoms with Crippen molar-refractivity contribution in [1.82, 2.24) is 9.88 Å². The molecule has 0 aliphatic carbocycles. The molecule has 1 aliphatic rings. The Labute approximate surface area is 114 Å². The van der Waals surface area contributed by atoms with Crippen molar-refractivity contribution >= 4 is 17.4 Å². The van der Waals surface area contributed by atoms with Crippen molar-refractivity contribution in [3.63, 3.8) is 0 Å². The average molecular weight is 262 g/mol. The number of amides is 1. The summed E-state index contributed by atoms with van der Waals surface area (Å²) in [4.78, 5) is 19.6. The molecule has 104 valence electrons. The van der Waals surface area contributed by atoms with E-state index in [0.717, 1.165) is 37.4 Å². The molecule has 0 unspecified atom stereocenters. The lowest BCUT2D eigenvalue weighted by Crippen LogP contribution is -2.41. The Hall–Kier alpha value is -1.78. The second-order valence-corrected chi connectivity index (χ2v) is 5.19. The van der Waals surface area contributed by atoms with Gasteiger partial charge in [0, 0.05) is 46.3 Å². The second-order valence-electron chi connectivity index (χ2n) is 5.19. The summed E-state index contributed by atoms with van der Waals surface area (Å²) in [5, 5.41) is 3.55. The smallest absolute Gasteiger partial charge is 0.219 e. The van der Waals surface area contributed by atoms with Crippen molar-refractivity contribution in [2.45, 2.75) is 25.8 Å². The van der Waals surface area contributed by atoms with Gasteiger partial charge in [-0.25, -0.2) is 4.98 Å². The molecule has 2 heterocycles. The Morgan fingerprint density at radius 1 is 1.42 bits per heavy atom. The van der Waals surface area contributed by atoms with E-state index >= 15 is 0 Å². The number of carbonyl (C=O) groups is 1. The Balaban J connectivity index is 1.98. The van der Waals surface area contributed by atoms with Crippen LogP contribution in [0.5, 0.6) is 0 Å². The van der Waals surface area contributed by atoms with Crippen LogP contribution >= 0.6 is 0 Å². The van der Waals surface area contributed by atoms with Gasteiger partial charge in [-0.05, 0) is 25.0 Å². The van der Waals surface area contributed by atoms with Gasteiger partial charge in [0.05, 0.1) is 5.69 Å². The third-order valence-corrected chi connectivity index (χ3v) is 3.51. The monoisotopic (exact) mass is 262 g/mol. The Morgan fingerprint density at radius 2 is 2.11 bits per heavy atom. The van der Waals surface area contributed by atoms with Crippen LogP contribution in [0, 0.1) is 0 Å². The predicted octanol–water partition coefficient (Wildman–Crippen LogP) is 1.57. The molecule has 5 nitrogen and oxygen atoms in total. The number of rotatable bonds is 3. The minimum Gasteiger partial charge on any atom is -0.379 e. The normalized spacial score (nSPS) is 16.3. The first-order chi connectivity index (χ1) is 9.08. The molecule has 0 bridgehead atoms. The standard InChI is InChI=1S/C14H22N4O/c1-11(19)18-9-6-12(7-10-18)16-13-5-4-8-15-14(13)17(2)3/h4-5,8,12,16H,6-7,9-10H2,1-3H3. The molecular weight excluding hydrogens is 240 g/mol. The lowest BCUT2D eigenvalue weighted by atomic mass is 10.0. The average Bonchev–Trinajstić information content (AvgIpc) is 2.39. The van der Waals surface area contributed by atoms with Crippen molar-refractivity contribution < 1.29 is 4.79 Å². The second kappa shape index (κ2) is 5.91. The summed E-state index contributed by atoms with van der Waals surface area (Å²) in [7, 11) is 3.98. The summed E-state index contributed by atoms with van der Waals surface area (Å²) < 4.78 is 0. The summed E-state index contributed by atoms with van der Waals surface area (Å²) in [5.41, 5.74) is 1.06. The molecule has 1 saturated heterocycles. The number of aromatic nitrogens is 1. The van der Waals surface area contributed by atoms with Gasteiger partial charge in [-0.15, -0.1) is 0 Å². The zero-order valence-electron chi connectivity index (χ0n) is 11.9. The van der Waals surface area contributed by atoms with Crippen molar-refractivity contribution in [2.24, 2.45) is 0 Å². The molecule has 0 spiro atoms. The molecule has 5 heteroatoms. The minimum atomic E-state index is 0.175. The van der Waals surface area contributed by atoms with Gasteiger partial charge >= 0.3 is 0 Å². The van der Waals surface area contributed by atoms with Crippen molar-refractivity contribution in [1.29, 1.82) is 0 Å². The number of nitrogens with one attached hydrogen (secondary N) is 1. The maximum absolute atomic E-state index is 11.3. The van der Waals surface area contributed by atoms with E-state index in [4.69, 9.17) is 0 Å². The molecule has 1 amide bonds. The third kappa shape index (κ3) is 3.36. The maximum Gasteiger partial charge on any atom is 0.219 e. The molecule has 19 heavy (non-hydrogen) atoms. The first kappa shape index (κ1) is 13.6. The lowest BCUT2D eigenvalue weighted by Gasteiger charge is -2.32. The van der Waals surface area contributed by atoms with E-state index in [9.17, 15) is 4.79 Å². The van der Waals surface area contributed by atoms with E-state index in [1.807, 2.05) is 30.0 Å². The van der Waals surface area contributed by atoms with Crippen LogP contribution in [0.25, 0.3) is 0 Å². The summed E-state index contributed by atoms with van der Waals surface area (Å²) >= 11 is 0. The highest BCUT2D eigenvalue weighted by atomic mass is 16.2. The Bertz CT molecular complexity index is 439. The van der Waals surface area contributed by atoms with E-state index in [-0.39, 0.29) is 5.91 Å². The molecule has 0 saturated carbocycles. The van der Waals surface area contributed by atoms with Gasteiger partial charge in [-0.2, -0.15) is 0 Å². The van der Waals surface area contributed by atoms with E-state index in [2.05, 4.69) is 16.4 Å². The largest absolute Gasteiger partial charge is 0.379 e. The van der Waals surface area contributed by atoms with Crippen LogP contribution in [0.2, 0.25) is 0 Å². The van der Waals surface area contributed by atoms with E-state index < -0.39 is 0 Å². The molecule has 1 aliphatic heterocycles. The number of carbonyl (C=O) groups excluding carboxylic acids is 1. The quantitative estimate of drug-likeness (QED) is 0.898. The highest BCUT2D eigenvalue weighted by molar-refractivity contribution is 5.73. The lowest BCUT2D eigenvalue weighted by molar-refractivity contribution is -0.129. The first-order valence-electron chi connectivity index (χ1n) is 6.72. The van der Waals surface area contributed by atoms with E-state index in [1.54, 1.807) is 13.1 Å². The SMILES string of the molecule is CC(=O)N1CCC(Nc2cccnc2N(C)C)CC1. The molecule has 2 rings (SSSR count). The van der Waals surface area contributed by atoms with Crippen molar-refractivity contribution in [3.05, 3.63) is 18.3 Å². The summed E-state index contributed by atoms with van der Waals surface area (Å²) in [5.74, 6) is 1.13. The van der Waals surface area contributed by atoms with Gasteiger partial charge in [-0.3, -0.25) is 4.79 Å². The molecule has 0 radical (unpaired) electrons. The number of nitrogens with zero attached hydrogens (tertiary/aromatic N) is 3. The fourth-order valence-electron chi connectivity index (χ4n) is 2.42. The number of piperidine rings is 1. The highest BCUT2D eigenvalue weighted by Crippen LogP contribution is 2.23. The van der Waals surface area contributed by atoms with Crippen molar-refractivity contribution in [3.8, 4) is 0 Å². The fourth-order valence-corrected chi connectivity index (χ4v) is 2.42. The van der Waals surface area contributed by atoms with Crippen LogP contribution in [0.3, 0.4) is 0 Å². The Kier molecular flexibility index (Phi) is 4.24. The van der Waals surface area contributed by atoms with Crippen molar-refractivity contribution in [2.75, 3.05) is 37.4 Å². The maximum atomic E-state index is 11.3. The molecular formula is C14H22N4O. The van der Waals surface area contributed by atoms with Gasteiger partial charge in [0.2, 0.25) is 5.91 Å². The van der Waals surface area contributed by atoms with Crippen LogP contribution in [-0.2, 0) is 4.79 Å². The van der Waals surface area contributed by atoms with Gasteiger partial charge in [0.15, 0.2) is 5.82 Å². The number of anilines is 2. The van der Waals surface area contributed by atoms with Crippen LogP contribution in [0.1, 0.15) is 19.8 Å². The molecule has 0 aromatic carbocycles. The fraction of sp³-hybridized carbons (Fsp3) is 0.571. The van der Waals surface area contributed by atoms with E-state index in [0.29, 0.717) is 6.04 Å².